The molecule has 0 bridgehead atoms. The number of hydrogen-bond donors (Lipinski definition) is 1. The first-order chi connectivity index (χ1) is 7.00. The van der Waals surface area contributed by atoms with Crippen LogP contribution in [-0.2, 0) is 9.59 Å². The Morgan fingerprint density at radius 3 is 2.67 bits per heavy atom. The highest BCUT2D eigenvalue weighted by Gasteiger charge is 2.11. The molecule has 0 aliphatic heterocycles. The molecular formula is C10H9BrFNO2. The zero-order chi connectivity index (χ0) is 11.4. The third kappa shape index (κ3) is 3.43. The fourth-order valence-corrected chi connectivity index (χ4v) is 1.47. The lowest BCUT2D eigenvalue weighted by Crippen LogP contribution is -2.15. The Morgan fingerprint density at radius 1 is 1.47 bits per heavy atom. The van der Waals surface area contributed by atoms with Crippen molar-refractivity contribution in [2.24, 2.45) is 0 Å². The van der Waals surface area contributed by atoms with Crippen LogP contribution < -0.4 is 5.32 Å². The minimum atomic E-state index is -0.540. The van der Waals surface area contributed by atoms with Crippen LogP contribution in [0.4, 0.5) is 10.1 Å². The Bertz CT molecular complexity index is 386. The summed E-state index contributed by atoms with van der Waals surface area (Å²) < 4.78 is 13.7. The highest BCUT2D eigenvalue weighted by Crippen LogP contribution is 2.25. The zero-order valence-corrected chi connectivity index (χ0v) is 9.60. The smallest absolute Gasteiger partial charge is 0.231 e. The van der Waals surface area contributed by atoms with Crippen molar-refractivity contribution in [1.82, 2.24) is 0 Å². The molecule has 0 heterocycles. The van der Waals surface area contributed by atoms with Crippen molar-refractivity contribution in [3.63, 3.8) is 0 Å². The van der Waals surface area contributed by atoms with Crippen molar-refractivity contribution in [2.45, 2.75) is 13.3 Å². The van der Waals surface area contributed by atoms with Gasteiger partial charge in [0.05, 0.1) is 12.1 Å². The van der Waals surface area contributed by atoms with E-state index in [1.807, 2.05) is 0 Å². The van der Waals surface area contributed by atoms with E-state index in [9.17, 15) is 14.0 Å². The maximum absolute atomic E-state index is 13.2. The van der Waals surface area contributed by atoms with Crippen LogP contribution in [0.1, 0.15) is 13.3 Å². The molecule has 0 saturated carbocycles. The molecule has 0 saturated heterocycles. The van der Waals surface area contributed by atoms with Crippen molar-refractivity contribution < 1.29 is 14.0 Å². The number of Topliss-reactive ketones (excluding diaryl/α,β-unsaturated/α-hetero) is 1. The van der Waals surface area contributed by atoms with Crippen LogP contribution in [0.3, 0.4) is 0 Å². The van der Waals surface area contributed by atoms with Crippen LogP contribution >= 0.6 is 15.9 Å². The van der Waals surface area contributed by atoms with Gasteiger partial charge in [0.15, 0.2) is 0 Å². The van der Waals surface area contributed by atoms with Crippen LogP contribution in [-0.4, -0.2) is 11.7 Å². The normalized spacial score (nSPS) is 9.80. The van der Waals surface area contributed by atoms with E-state index in [0.29, 0.717) is 4.47 Å². The van der Waals surface area contributed by atoms with Crippen molar-refractivity contribution in [1.29, 1.82) is 0 Å². The summed E-state index contributed by atoms with van der Waals surface area (Å²) in [6.45, 7) is 1.30. The first-order valence-electron chi connectivity index (χ1n) is 4.24. The molecule has 0 aliphatic rings. The van der Waals surface area contributed by atoms with E-state index >= 15 is 0 Å². The molecule has 80 valence electrons. The zero-order valence-electron chi connectivity index (χ0n) is 8.01. The van der Waals surface area contributed by atoms with E-state index < -0.39 is 11.7 Å². The van der Waals surface area contributed by atoms with E-state index in [-0.39, 0.29) is 17.9 Å². The van der Waals surface area contributed by atoms with Gasteiger partial charge < -0.3 is 5.32 Å². The molecule has 1 amide bonds. The average molecular weight is 274 g/mol. The number of rotatable bonds is 3. The van der Waals surface area contributed by atoms with Crippen LogP contribution in [0, 0.1) is 5.82 Å². The van der Waals surface area contributed by atoms with Gasteiger partial charge in [-0.1, -0.05) is 6.07 Å². The second-order valence-electron chi connectivity index (χ2n) is 3.02. The van der Waals surface area contributed by atoms with Gasteiger partial charge in [0.2, 0.25) is 5.91 Å². The number of halogens is 2. The highest BCUT2D eigenvalue weighted by atomic mass is 79.9. The number of anilines is 1. The maximum Gasteiger partial charge on any atom is 0.231 e. The van der Waals surface area contributed by atoms with Gasteiger partial charge in [-0.05, 0) is 35.0 Å². The highest BCUT2D eigenvalue weighted by molar-refractivity contribution is 9.10. The summed E-state index contributed by atoms with van der Waals surface area (Å²) in [5.41, 5.74) is 0.0590. The molecule has 0 unspecified atom stereocenters. The van der Waals surface area contributed by atoms with E-state index in [1.54, 1.807) is 6.07 Å². The molecule has 0 radical (unpaired) electrons. The molecule has 0 spiro atoms. The summed E-state index contributed by atoms with van der Waals surface area (Å²) >= 11 is 3.10. The summed E-state index contributed by atoms with van der Waals surface area (Å²) in [6.07, 6.45) is -0.249. The number of carbonyl (C=O) groups excluding carboxylic acids is 2. The quantitative estimate of drug-likeness (QED) is 0.861. The molecule has 0 aliphatic carbocycles. The largest absolute Gasteiger partial charge is 0.322 e. The topological polar surface area (TPSA) is 46.2 Å². The van der Waals surface area contributed by atoms with E-state index in [0.717, 1.165) is 0 Å². The van der Waals surface area contributed by atoms with Crippen molar-refractivity contribution in [3.8, 4) is 0 Å². The van der Waals surface area contributed by atoms with Gasteiger partial charge in [-0.3, -0.25) is 9.59 Å². The Kier molecular flexibility index (Phi) is 3.96. The van der Waals surface area contributed by atoms with Gasteiger partial charge in [-0.25, -0.2) is 4.39 Å². The average Bonchev–Trinajstić information content (AvgIpc) is 2.10. The van der Waals surface area contributed by atoms with E-state index in [1.165, 1.54) is 19.1 Å². The number of benzene rings is 1. The molecule has 5 heteroatoms. The number of para-hydroxylation sites is 1. The Morgan fingerprint density at radius 2 is 2.13 bits per heavy atom. The Hall–Kier alpha value is -1.23. The number of nitrogens with one attached hydrogen (secondary N) is 1. The van der Waals surface area contributed by atoms with Gasteiger partial charge in [0.1, 0.15) is 11.6 Å². The predicted octanol–water partition coefficient (Wildman–Crippen LogP) is 2.51. The van der Waals surface area contributed by atoms with Gasteiger partial charge in [0.25, 0.3) is 0 Å². The van der Waals surface area contributed by atoms with Crippen LogP contribution in [0.2, 0.25) is 0 Å². The number of hydrogen-bond acceptors (Lipinski definition) is 2. The molecule has 15 heavy (non-hydrogen) atoms. The first kappa shape index (κ1) is 11.8. The van der Waals surface area contributed by atoms with Gasteiger partial charge in [0, 0.05) is 4.47 Å². The van der Waals surface area contributed by atoms with E-state index in [4.69, 9.17) is 0 Å². The molecule has 0 aromatic heterocycles. The Balaban J connectivity index is 2.80. The molecule has 1 aromatic rings. The fraction of sp³-hybridized carbons (Fsp3) is 0.200. The predicted molar refractivity (Wildman–Crippen MR) is 58.0 cm³/mol. The lowest BCUT2D eigenvalue weighted by atomic mass is 10.2. The molecule has 1 aromatic carbocycles. The van der Waals surface area contributed by atoms with Crippen molar-refractivity contribution >= 4 is 33.3 Å². The molecule has 1 N–H and O–H groups in total. The molecule has 0 fully saturated rings. The lowest BCUT2D eigenvalue weighted by molar-refractivity contribution is -0.124. The SMILES string of the molecule is CC(=O)CC(=O)Nc1c(F)cccc1Br. The van der Waals surface area contributed by atoms with Crippen LogP contribution in [0.25, 0.3) is 0 Å². The summed E-state index contributed by atoms with van der Waals surface area (Å²) in [5, 5.41) is 2.33. The molecule has 0 atom stereocenters. The summed E-state index contributed by atoms with van der Waals surface area (Å²) in [6, 6.07) is 4.35. The summed E-state index contributed by atoms with van der Waals surface area (Å²) in [7, 11) is 0. The summed E-state index contributed by atoms with van der Waals surface area (Å²) in [4.78, 5) is 21.9. The third-order valence-electron chi connectivity index (χ3n) is 1.64. The fourth-order valence-electron chi connectivity index (χ4n) is 1.03. The molecular weight excluding hydrogens is 265 g/mol. The van der Waals surface area contributed by atoms with Crippen molar-refractivity contribution in [2.75, 3.05) is 5.32 Å². The molecule has 1 rings (SSSR count). The van der Waals surface area contributed by atoms with Crippen molar-refractivity contribution in [3.05, 3.63) is 28.5 Å². The van der Waals surface area contributed by atoms with Gasteiger partial charge >= 0.3 is 0 Å². The Labute approximate surface area is 94.8 Å². The second-order valence-corrected chi connectivity index (χ2v) is 3.88. The minimum Gasteiger partial charge on any atom is -0.322 e. The monoisotopic (exact) mass is 273 g/mol. The van der Waals surface area contributed by atoms with E-state index in [2.05, 4.69) is 21.2 Å². The first-order valence-corrected chi connectivity index (χ1v) is 5.03. The summed E-state index contributed by atoms with van der Waals surface area (Å²) in [5.74, 6) is -1.32. The number of amides is 1. The second kappa shape index (κ2) is 5.02. The minimum absolute atomic E-state index is 0.0590. The standard InChI is InChI=1S/C10H9BrFNO2/c1-6(14)5-9(15)13-10-7(11)3-2-4-8(10)12/h2-4H,5H2,1H3,(H,13,15). The van der Waals surface area contributed by atoms with Gasteiger partial charge in [-0.2, -0.15) is 0 Å². The van der Waals surface area contributed by atoms with Crippen LogP contribution in [0.5, 0.6) is 0 Å². The maximum atomic E-state index is 13.2. The number of carbonyl (C=O) groups is 2. The lowest BCUT2D eigenvalue weighted by Gasteiger charge is -2.07. The van der Waals surface area contributed by atoms with Crippen LogP contribution in [0.15, 0.2) is 22.7 Å². The van der Waals surface area contributed by atoms with Gasteiger partial charge in [-0.15, -0.1) is 0 Å². The number of ketones is 1. The molecule has 3 nitrogen and oxygen atoms in total. The third-order valence-corrected chi connectivity index (χ3v) is 2.30.